The molecular formula is C27H35N5O7. The molecule has 0 bridgehead atoms. The monoisotopic (exact) mass is 541 g/mol. The van der Waals surface area contributed by atoms with Crippen LogP contribution in [0.3, 0.4) is 0 Å². The van der Waals surface area contributed by atoms with Crippen LogP contribution in [-0.4, -0.2) is 77.8 Å². The van der Waals surface area contributed by atoms with Crippen molar-refractivity contribution in [2.24, 2.45) is 0 Å². The van der Waals surface area contributed by atoms with Crippen molar-refractivity contribution < 1.29 is 33.4 Å². The highest BCUT2D eigenvalue weighted by atomic mass is 16.6. The summed E-state index contributed by atoms with van der Waals surface area (Å²) < 4.78 is 15.6. The molecule has 3 heterocycles. The summed E-state index contributed by atoms with van der Waals surface area (Å²) in [5.74, 6) is -1.12. The molecule has 12 heteroatoms. The molecule has 210 valence electrons. The molecule has 0 fully saturated rings. The predicted molar refractivity (Wildman–Crippen MR) is 144 cm³/mol. The van der Waals surface area contributed by atoms with Crippen molar-refractivity contribution in [3.05, 3.63) is 46.5 Å². The van der Waals surface area contributed by atoms with E-state index in [1.54, 1.807) is 65.9 Å². The maximum atomic E-state index is 12.7. The van der Waals surface area contributed by atoms with Crippen molar-refractivity contribution in [1.82, 2.24) is 20.2 Å². The van der Waals surface area contributed by atoms with E-state index in [2.05, 4.69) is 20.6 Å². The second-order valence-corrected chi connectivity index (χ2v) is 9.94. The van der Waals surface area contributed by atoms with Crippen LogP contribution in [0.1, 0.15) is 60.8 Å². The first-order chi connectivity index (χ1) is 18.4. The Morgan fingerprint density at radius 1 is 1.21 bits per heavy atom. The molecule has 12 nitrogen and oxygen atoms in total. The highest BCUT2D eigenvalue weighted by Gasteiger charge is 2.28. The Morgan fingerprint density at radius 2 is 1.95 bits per heavy atom. The van der Waals surface area contributed by atoms with E-state index in [0.29, 0.717) is 28.3 Å². The largest absolute Gasteiger partial charge is 0.462 e. The van der Waals surface area contributed by atoms with Crippen LogP contribution in [0, 0.1) is 6.92 Å². The summed E-state index contributed by atoms with van der Waals surface area (Å²) in [5.41, 5.74) is 2.72. The van der Waals surface area contributed by atoms with Gasteiger partial charge in [-0.1, -0.05) is 0 Å². The summed E-state index contributed by atoms with van der Waals surface area (Å²) in [5, 5.41) is 5.33. The van der Waals surface area contributed by atoms with Crippen LogP contribution < -0.4 is 10.6 Å². The molecule has 3 amide bonds. The number of H-pyrrole nitrogens is 1. The minimum Gasteiger partial charge on any atom is -0.462 e. The SMILES string of the molecule is CCOC(=O)c1cc(C)[nH]c1/C=C1\C(=O)Nc2ccc(CN(C)C(=O)COCCNC(=O)OC(C)(C)C)nc21. The lowest BCUT2D eigenvalue weighted by Gasteiger charge is -2.20. The average molecular weight is 542 g/mol. The standard InChI is InChI=1S/C27H35N5O7/c1-7-38-25(35)18-12-16(2)29-21(18)13-19-23-20(31-24(19)34)9-8-17(30-23)14-32(6)22(33)15-37-11-10-28-26(36)39-27(3,4)5/h8-9,12-13,29H,7,10-11,14-15H2,1-6H3,(H,28,36)(H,31,34)/b19-13-. The number of alkyl carbamates (subject to hydrolysis) is 1. The van der Waals surface area contributed by atoms with Gasteiger partial charge in [0.2, 0.25) is 5.91 Å². The van der Waals surface area contributed by atoms with Crippen LogP contribution in [-0.2, 0) is 30.3 Å². The number of ether oxygens (including phenoxy) is 3. The Labute approximate surface area is 227 Å². The zero-order valence-corrected chi connectivity index (χ0v) is 23.1. The minimum atomic E-state index is -0.596. The fourth-order valence-corrected chi connectivity index (χ4v) is 3.71. The number of aromatic amines is 1. The Hall–Kier alpha value is -4.19. The van der Waals surface area contributed by atoms with Gasteiger partial charge in [-0.3, -0.25) is 9.59 Å². The quantitative estimate of drug-likeness (QED) is 0.236. The molecule has 0 radical (unpaired) electrons. The normalized spacial score (nSPS) is 13.6. The fourth-order valence-electron chi connectivity index (χ4n) is 3.71. The lowest BCUT2D eigenvalue weighted by atomic mass is 10.1. The van der Waals surface area contributed by atoms with Crippen LogP contribution in [0.2, 0.25) is 0 Å². The Kier molecular flexibility index (Phi) is 9.47. The van der Waals surface area contributed by atoms with Crippen molar-refractivity contribution in [2.75, 3.05) is 38.7 Å². The summed E-state index contributed by atoms with van der Waals surface area (Å²) in [4.78, 5) is 58.4. The van der Waals surface area contributed by atoms with Crippen LogP contribution in [0.5, 0.6) is 0 Å². The summed E-state index contributed by atoms with van der Waals surface area (Å²) >= 11 is 0. The van der Waals surface area contributed by atoms with Crippen molar-refractivity contribution in [3.8, 4) is 0 Å². The molecule has 0 saturated heterocycles. The van der Waals surface area contributed by atoms with E-state index in [4.69, 9.17) is 14.2 Å². The Balaban J connectivity index is 1.61. The number of carbonyl (C=O) groups is 4. The lowest BCUT2D eigenvalue weighted by molar-refractivity contribution is -0.135. The number of anilines is 1. The second kappa shape index (κ2) is 12.6. The van der Waals surface area contributed by atoms with E-state index in [9.17, 15) is 19.2 Å². The molecule has 2 aromatic heterocycles. The Bertz CT molecular complexity index is 1280. The molecule has 3 rings (SSSR count). The first kappa shape index (κ1) is 29.4. The van der Waals surface area contributed by atoms with Gasteiger partial charge in [0.05, 0.1) is 53.7 Å². The maximum absolute atomic E-state index is 12.7. The number of likely N-dealkylation sites (N-methyl/N-ethyl adjacent to an activating group) is 1. The van der Waals surface area contributed by atoms with Gasteiger partial charge in [0.1, 0.15) is 12.2 Å². The van der Waals surface area contributed by atoms with Crippen molar-refractivity contribution in [1.29, 1.82) is 0 Å². The molecule has 0 spiro atoms. The smallest absolute Gasteiger partial charge is 0.407 e. The van der Waals surface area contributed by atoms with Crippen LogP contribution in [0.15, 0.2) is 18.2 Å². The van der Waals surface area contributed by atoms with Gasteiger partial charge in [0.25, 0.3) is 5.91 Å². The number of rotatable bonds is 10. The molecule has 0 saturated carbocycles. The zero-order chi connectivity index (χ0) is 28.7. The van der Waals surface area contributed by atoms with E-state index in [1.807, 2.05) is 0 Å². The molecule has 2 aromatic rings. The van der Waals surface area contributed by atoms with Gasteiger partial charge in [0.15, 0.2) is 0 Å². The van der Waals surface area contributed by atoms with Gasteiger partial charge in [-0.2, -0.15) is 0 Å². The fraction of sp³-hybridized carbons (Fsp3) is 0.444. The number of nitrogens with one attached hydrogen (secondary N) is 3. The molecule has 0 aliphatic carbocycles. The minimum absolute atomic E-state index is 0.143. The van der Waals surface area contributed by atoms with Gasteiger partial charge >= 0.3 is 12.1 Å². The van der Waals surface area contributed by atoms with Gasteiger partial charge in [-0.05, 0) is 58.9 Å². The molecular weight excluding hydrogens is 506 g/mol. The number of aryl methyl sites for hydroxylation is 1. The third kappa shape index (κ3) is 8.14. The molecule has 39 heavy (non-hydrogen) atoms. The van der Waals surface area contributed by atoms with E-state index in [1.165, 1.54) is 4.90 Å². The molecule has 0 atom stereocenters. The molecule has 1 aliphatic heterocycles. The third-order valence-electron chi connectivity index (χ3n) is 5.43. The first-order valence-electron chi connectivity index (χ1n) is 12.6. The Morgan fingerprint density at radius 3 is 2.64 bits per heavy atom. The van der Waals surface area contributed by atoms with Gasteiger partial charge in [-0.25, -0.2) is 14.6 Å². The average Bonchev–Trinajstić information content (AvgIpc) is 3.36. The zero-order valence-electron chi connectivity index (χ0n) is 23.1. The number of hydrogen-bond acceptors (Lipinski definition) is 8. The summed E-state index contributed by atoms with van der Waals surface area (Å²) in [6.45, 7) is 9.41. The van der Waals surface area contributed by atoms with Crippen molar-refractivity contribution in [3.63, 3.8) is 0 Å². The number of nitrogens with zero attached hydrogens (tertiary/aromatic N) is 2. The maximum Gasteiger partial charge on any atom is 0.407 e. The highest BCUT2D eigenvalue weighted by Crippen LogP contribution is 2.32. The number of carbonyl (C=O) groups excluding carboxylic acids is 4. The third-order valence-corrected chi connectivity index (χ3v) is 5.43. The molecule has 0 aromatic carbocycles. The number of pyridine rings is 1. The molecule has 1 aliphatic rings. The topological polar surface area (TPSA) is 152 Å². The number of esters is 1. The van der Waals surface area contributed by atoms with Crippen LogP contribution in [0.4, 0.5) is 10.5 Å². The van der Waals surface area contributed by atoms with Gasteiger partial charge in [0, 0.05) is 19.3 Å². The van der Waals surface area contributed by atoms with E-state index in [0.717, 1.165) is 5.69 Å². The summed E-state index contributed by atoms with van der Waals surface area (Å²) in [7, 11) is 1.62. The van der Waals surface area contributed by atoms with Crippen LogP contribution in [0.25, 0.3) is 11.6 Å². The second-order valence-electron chi connectivity index (χ2n) is 9.94. The highest BCUT2D eigenvalue weighted by molar-refractivity contribution is 6.34. The molecule has 0 unspecified atom stereocenters. The number of amides is 3. The van der Waals surface area contributed by atoms with Crippen molar-refractivity contribution >= 4 is 41.2 Å². The number of hydrogen-bond donors (Lipinski definition) is 3. The summed E-state index contributed by atoms with van der Waals surface area (Å²) in [6.07, 6.45) is 1.02. The number of aromatic nitrogens is 2. The van der Waals surface area contributed by atoms with E-state index >= 15 is 0 Å². The van der Waals surface area contributed by atoms with E-state index in [-0.39, 0.29) is 50.3 Å². The van der Waals surface area contributed by atoms with Gasteiger partial charge in [-0.15, -0.1) is 0 Å². The summed E-state index contributed by atoms with van der Waals surface area (Å²) in [6, 6.07) is 5.11. The van der Waals surface area contributed by atoms with Gasteiger partial charge < -0.3 is 34.7 Å². The van der Waals surface area contributed by atoms with Crippen molar-refractivity contribution in [2.45, 2.75) is 46.8 Å². The predicted octanol–water partition coefficient (Wildman–Crippen LogP) is 2.89. The van der Waals surface area contributed by atoms with E-state index < -0.39 is 17.7 Å². The molecule has 3 N–H and O–H groups in total. The van der Waals surface area contributed by atoms with Crippen LogP contribution >= 0.6 is 0 Å². The number of fused-ring (bicyclic) bond motifs is 1. The lowest BCUT2D eigenvalue weighted by Crippen LogP contribution is -2.35. The first-order valence-corrected chi connectivity index (χ1v) is 12.6.